The van der Waals surface area contributed by atoms with Crippen LogP contribution in [0.4, 0.5) is 5.69 Å². The Kier molecular flexibility index (Phi) is 5.42. The van der Waals surface area contributed by atoms with Crippen LogP contribution in [-0.4, -0.2) is 47.1 Å². The zero-order valence-corrected chi connectivity index (χ0v) is 19.4. The molecule has 2 aliphatic rings. The summed E-state index contributed by atoms with van der Waals surface area (Å²) in [5.74, 6) is 0.397. The van der Waals surface area contributed by atoms with Crippen LogP contribution < -0.4 is 4.90 Å². The van der Waals surface area contributed by atoms with E-state index in [0.717, 1.165) is 49.3 Å². The van der Waals surface area contributed by atoms with E-state index >= 15 is 0 Å². The number of amides is 1. The van der Waals surface area contributed by atoms with Crippen molar-refractivity contribution in [2.75, 3.05) is 31.1 Å². The third kappa shape index (κ3) is 4.12. The molecule has 1 saturated carbocycles. The first-order valence-electron chi connectivity index (χ1n) is 12.1. The SMILES string of the molecule is N#Cc1ccc(N2CCCN(C(=O)c3cc(C4CC4)nc4onc(-c5ccccc5)c34)CC2)cc1. The summed E-state index contributed by atoms with van der Waals surface area (Å²) < 4.78 is 5.66. The molecular weight excluding hydrogens is 438 g/mol. The lowest BCUT2D eigenvalue weighted by Gasteiger charge is -2.24. The van der Waals surface area contributed by atoms with Crippen molar-refractivity contribution in [3.05, 3.63) is 77.5 Å². The van der Waals surface area contributed by atoms with Gasteiger partial charge in [0.25, 0.3) is 11.6 Å². The third-order valence-electron chi connectivity index (χ3n) is 6.88. The maximum Gasteiger partial charge on any atom is 0.259 e. The molecule has 6 rings (SSSR count). The topological polar surface area (TPSA) is 86.3 Å². The minimum absolute atomic E-state index is 0.00126. The molecule has 0 N–H and O–H groups in total. The highest BCUT2D eigenvalue weighted by molar-refractivity contribution is 6.09. The molecule has 0 unspecified atom stereocenters. The maximum atomic E-state index is 13.9. The highest BCUT2D eigenvalue weighted by atomic mass is 16.5. The van der Waals surface area contributed by atoms with Gasteiger partial charge in [0.1, 0.15) is 5.69 Å². The molecule has 4 aromatic rings. The number of benzene rings is 2. The van der Waals surface area contributed by atoms with Crippen LogP contribution in [0.1, 0.15) is 46.8 Å². The van der Waals surface area contributed by atoms with E-state index < -0.39 is 0 Å². The highest BCUT2D eigenvalue weighted by Crippen LogP contribution is 2.41. The van der Waals surface area contributed by atoms with Gasteiger partial charge < -0.3 is 14.3 Å². The van der Waals surface area contributed by atoms with Gasteiger partial charge in [-0.3, -0.25) is 4.79 Å². The molecular formula is C28H25N5O2. The zero-order valence-electron chi connectivity index (χ0n) is 19.4. The molecule has 1 saturated heterocycles. The molecule has 0 bridgehead atoms. The van der Waals surface area contributed by atoms with Crippen molar-refractivity contribution in [3.8, 4) is 17.3 Å². The number of rotatable bonds is 4. The molecule has 2 aromatic heterocycles. The summed E-state index contributed by atoms with van der Waals surface area (Å²) in [6.45, 7) is 2.89. The average Bonchev–Trinajstić information content (AvgIpc) is 3.71. The first-order valence-corrected chi connectivity index (χ1v) is 12.1. The van der Waals surface area contributed by atoms with E-state index in [1.54, 1.807) is 0 Å². The largest absolute Gasteiger partial charge is 0.370 e. The Morgan fingerprint density at radius 2 is 1.80 bits per heavy atom. The minimum Gasteiger partial charge on any atom is -0.370 e. The number of hydrogen-bond donors (Lipinski definition) is 0. The van der Waals surface area contributed by atoms with Crippen molar-refractivity contribution in [1.82, 2.24) is 15.0 Å². The van der Waals surface area contributed by atoms with Crippen molar-refractivity contribution in [2.45, 2.75) is 25.2 Å². The van der Waals surface area contributed by atoms with E-state index in [-0.39, 0.29) is 5.91 Å². The van der Waals surface area contributed by atoms with Crippen LogP contribution in [0, 0.1) is 11.3 Å². The molecule has 0 atom stereocenters. The number of aromatic nitrogens is 2. The third-order valence-corrected chi connectivity index (χ3v) is 6.88. The van der Waals surface area contributed by atoms with Gasteiger partial charge in [-0.15, -0.1) is 0 Å². The van der Waals surface area contributed by atoms with Gasteiger partial charge in [0.2, 0.25) is 0 Å². The smallest absolute Gasteiger partial charge is 0.259 e. The van der Waals surface area contributed by atoms with Crippen LogP contribution in [0.15, 0.2) is 65.2 Å². The number of hydrogen-bond acceptors (Lipinski definition) is 6. The molecule has 35 heavy (non-hydrogen) atoms. The summed E-state index contributed by atoms with van der Waals surface area (Å²) in [4.78, 5) is 22.9. The summed E-state index contributed by atoms with van der Waals surface area (Å²) in [5.41, 5.74) is 5.28. The van der Waals surface area contributed by atoms with Crippen molar-refractivity contribution >= 4 is 22.7 Å². The van der Waals surface area contributed by atoms with Crippen molar-refractivity contribution in [1.29, 1.82) is 5.26 Å². The Morgan fingerprint density at radius 1 is 1.00 bits per heavy atom. The number of carbonyl (C=O) groups excluding carboxylic acids is 1. The van der Waals surface area contributed by atoms with Gasteiger partial charge in [-0.25, -0.2) is 4.98 Å². The monoisotopic (exact) mass is 463 g/mol. The number of carbonyl (C=O) groups is 1. The summed E-state index contributed by atoms with van der Waals surface area (Å²) in [5, 5.41) is 14.1. The van der Waals surface area contributed by atoms with Gasteiger partial charge in [0.05, 0.1) is 22.6 Å². The standard InChI is InChI=1S/C28H25N5O2/c29-18-19-7-11-22(12-8-19)32-13-4-14-33(16-15-32)28(34)23-17-24(20-9-10-20)30-27-25(23)26(31-35-27)21-5-2-1-3-6-21/h1-3,5-8,11-12,17,20H,4,9-10,13-16H2. The van der Waals surface area contributed by atoms with Crippen molar-refractivity contribution < 1.29 is 9.32 Å². The van der Waals surface area contributed by atoms with E-state index in [1.807, 2.05) is 65.6 Å². The molecule has 1 amide bonds. The predicted octanol–water partition coefficient (Wildman–Crippen LogP) is 4.99. The normalized spacial score (nSPS) is 16.2. The molecule has 1 aliphatic heterocycles. The van der Waals surface area contributed by atoms with Gasteiger partial charge in [-0.1, -0.05) is 35.5 Å². The molecule has 3 heterocycles. The van der Waals surface area contributed by atoms with Crippen LogP contribution in [0.2, 0.25) is 0 Å². The summed E-state index contributed by atoms with van der Waals surface area (Å²) >= 11 is 0. The van der Waals surface area contributed by atoms with Crippen molar-refractivity contribution in [2.24, 2.45) is 0 Å². The first kappa shape index (κ1) is 21.4. The Morgan fingerprint density at radius 3 is 2.54 bits per heavy atom. The van der Waals surface area contributed by atoms with Crippen LogP contribution >= 0.6 is 0 Å². The van der Waals surface area contributed by atoms with Gasteiger partial charge in [-0.05, 0) is 49.6 Å². The Labute approximate surface area is 203 Å². The molecule has 174 valence electrons. The van der Waals surface area contributed by atoms with Crippen molar-refractivity contribution in [3.63, 3.8) is 0 Å². The highest BCUT2D eigenvalue weighted by Gasteiger charge is 2.31. The summed E-state index contributed by atoms with van der Waals surface area (Å²) in [6.07, 6.45) is 3.05. The lowest BCUT2D eigenvalue weighted by Crippen LogP contribution is -2.35. The molecule has 7 heteroatoms. The van der Waals surface area contributed by atoms with Crippen LogP contribution in [-0.2, 0) is 0 Å². The number of pyridine rings is 1. The molecule has 0 spiro atoms. The second-order valence-corrected chi connectivity index (χ2v) is 9.24. The summed E-state index contributed by atoms with van der Waals surface area (Å²) in [7, 11) is 0. The van der Waals surface area contributed by atoms with Crippen LogP contribution in [0.3, 0.4) is 0 Å². The van der Waals surface area contributed by atoms with Gasteiger partial charge in [0.15, 0.2) is 0 Å². The molecule has 2 fully saturated rings. The second-order valence-electron chi connectivity index (χ2n) is 9.24. The minimum atomic E-state index is 0.00126. The van der Waals surface area contributed by atoms with Gasteiger partial charge in [0, 0.05) is 49.0 Å². The zero-order chi connectivity index (χ0) is 23.8. The Bertz CT molecular complexity index is 1420. The van der Waals surface area contributed by atoms with E-state index in [4.69, 9.17) is 14.8 Å². The molecule has 0 radical (unpaired) electrons. The first-order chi connectivity index (χ1) is 17.2. The fourth-order valence-corrected chi connectivity index (χ4v) is 4.82. The predicted molar refractivity (Wildman–Crippen MR) is 133 cm³/mol. The number of nitrogens with zero attached hydrogens (tertiary/aromatic N) is 5. The van der Waals surface area contributed by atoms with Crippen LogP contribution in [0.5, 0.6) is 0 Å². The number of fused-ring (bicyclic) bond motifs is 1. The van der Waals surface area contributed by atoms with Gasteiger partial charge >= 0.3 is 0 Å². The van der Waals surface area contributed by atoms with E-state index in [9.17, 15) is 4.79 Å². The molecule has 1 aliphatic carbocycles. The second kappa shape index (κ2) is 8.88. The lowest BCUT2D eigenvalue weighted by atomic mass is 10.0. The number of nitriles is 1. The fourth-order valence-electron chi connectivity index (χ4n) is 4.82. The van der Waals surface area contributed by atoms with E-state index in [1.165, 1.54) is 0 Å². The maximum absolute atomic E-state index is 13.9. The molecule has 7 nitrogen and oxygen atoms in total. The average molecular weight is 464 g/mol. The van der Waals surface area contributed by atoms with E-state index in [0.29, 0.717) is 46.9 Å². The van der Waals surface area contributed by atoms with E-state index in [2.05, 4.69) is 16.1 Å². The van der Waals surface area contributed by atoms with Gasteiger partial charge in [-0.2, -0.15) is 5.26 Å². The lowest BCUT2D eigenvalue weighted by molar-refractivity contribution is 0.0768. The Hall–Kier alpha value is -4.18. The summed E-state index contributed by atoms with van der Waals surface area (Å²) in [6, 6.07) is 21.6. The fraction of sp³-hybridized carbons (Fsp3) is 0.286. The molecule has 2 aromatic carbocycles. The Balaban J connectivity index is 1.32. The number of anilines is 1. The quantitative estimate of drug-likeness (QED) is 0.424. The van der Waals surface area contributed by atoms with Crippen LogP contribution in [0.25, 0.3) is 22.4 Å².